The van der Waals surface area contributed by atoms with Crippen molar-refractivity contribution < 1.29 is 4.42 Å². The van der Waals surface area contributed by atoms with Gasteiger partial charge in [-0.05, 0) is 47.3 Å². The van der Waals surface area contributed by atoms with Crippen LogP contribution in [-0.2, 0) is 13.6 Å². The zero-order valence-electron chi connectivity index (χ0n) is 14.9. The van der Waals surface area contributed by atoms with Crippen molar-refractivity contribution in [3.8, 4) is 11.1 Å². The van der Waals surface area contributed by atoms with E-state index < -0.39 is 0 Å². The summed E-state index contributed by atoms with van der Waals surface area (Å²) in [6.45, 7) is 0.620. The van der Waals surface area contributed by atoms with E-state index in [2.05, 4.69) is 63.4 Å². The van der Waals surface area contributed by atoms with Crippen LogP contribution < -0.4 is 5.32 Å². The molecule has 5 heteroatoms. The Morgan fingerprint density at radius 2 is 1.96 bits per heavy atom. The van der Waals surface area contributed by atoms with Gasteiger partial charge in [-0.15, -0.1) is 0 Å². The van der Waals surface area contributed by atoms with E-state index >= 15 is 0 Å². The highest BCUT2D eigenvalue weighted by Gasteiger charge is 2.10. The van der Waals surface area contributed by atoms with Crippen molar-refractivity contribution in [3.05, 3.63) is 79.1 Å². The molecule has 3 heterocycles. The molecule has 1 N–H and O–H groups in total. The molecule has 27 heavy (non-hydrogen) atoms. The van der Waals surface area contributed by atoms with Gasteiger partial charge < -0.3 is 14.3 Å². The van der Waals surface area contributed by atoms with Crippen LogP contribution in [0.15, 0.2) is 77.8 Å². The van der Waals surface area contributed by atoms with Crippen LogP contribution in [0.2, 0.25) is 0 Å². The summed E-state index contributed by atoms with van der Waals surface area (Å²) in [5.41, 5.74) is 6.13. The van der Waals surface area contributed by atoms with E-state index in [1.54, 1.807) is 18.7 Å². The molecule has 3 aromatic heterocycles. The lowest BCUT2D eigenvalue weighted by Gasteiger charge is -2.11. The Hall–Kier alpha value is -3.60. The van der Waals surface area contributed by atoms with Crippen molar-refractivity contribution in [1.82, 2.24) is 14.5 Å². The van der Waals surface area contributed by atoms with Crippen LogP contribution in [0, 0.1) is 0 Å². The maximum absolute atomic E-state index is 5.42. The van der Waals surface area contributed by atoms with Gasteiger partial charge in [0.05, 0.1) is 23.8 Å². The van der Waals surface area contributed by atoms with E-state index in [1.807, 2.05) is 18.2 Å². The molecule has 0 amide bonds. The monoisotopic (exact) mass is 354 g/mol. The molecular formula is C22H18N4O. The quantitative estimate of drug-likeness (QED) is 0.494. The Kier molecular flexibility index (Phi) is 3.64. The van der Waals surface area contributed by atoms with Crippen molar-refractivity contribution >= 4 is 27.6 Å². The van der Waals surface area contributed by atoms with E-state index in [0.29, 0.717) is 6.54 Å². The number of nitrogens with one attached hydrogen (secondary N) is 1. The minimum atomic E-state index is 0.620. The van der Waals surface area contributed by atoms with Gasteiger partial charge >= 0.3 is 0 Å². The predicted octanol–water partition coefficient (Wildman–Crippen LogP) is 4.99. The van der Waals surface area contributed by atoms with E-state index in [-0.39, 0.29) is 0 Å². The fraction of sp³-hybridized carbons (Fsp3) is 0.0909. The minimum Gasteiger partial charge on any atom is -0.467 e. The average molecular weight is 354 g/mol. The predicted molar refractivity (Wildman–Crippen MR) is 107 cm³/mol. The summed E-state index contributed by atoms with van der Waals surface area (Å²) in [7, 11) is 2.06. The van der Waals surface area contributed by atoms with Gasteiger partial charge in [0, 0.05) is 42.4 Å². The molecule has 0 radical (unpaired) electrons. The van der Waals surface area contributed by atoms with Gasteiger partial charge in [-0.1, -0.05) is 12.1 Å². The van der Waals surface area contributed by atoms with Crippen molar-refractivity contribution in [1.29, 1.82) is 0 Å². The second-order valence-corrected chi connectivity index (χ2v) is 6.58. The van der Waals surface area contributed by atoms with Crippen LogP contribution in [0.5, 0.6) is 0 Å². The summed E-state index contributed by atoms with van der Waals surface area (Å²) >= 11 is 0. The van der Waals surface area contributed by atoms with Crippen LogP contribution >= 0.6 is 0 Å². The number of benzene rings is 2. The second kappa shape index (κ2) is 6.29. The van der Waals surface area contributed by atoms with Crippen LogP contribution in [0.25, 0.3) is 33.1 Å². The minimum absolute atomic E-state index is 0.620. The molecular weight excluding hydrogens is 336 g/mol. The lowest BCUT2D eigenvalue weighted by molar-refractivity contribution is 0.518. The van der Waals surface area contributed by atoms with Gasteiger partial charge in [-0.3, -0.25) is 9.97 Å². The summed E-state index contributed by atoms with van der Waals surface area (Å²) in [5.74, 6) is 0.890. The molecule has 0 aliphatic rings. The summed E-state index contributed by atoms with van der Waals surface area (Å²) in [6, 6.07) is 16.6. The lowest BCUT2D eigenvalue weighted by Crippen LogP contribution is -1.99. The molecule has 5 aromatic rings. The number of hydrogen-bond acceptors (Lipinski definition) is 4. The molecule has 0 bridgehead atoms. The molecule has 0 aliphatic heterocycles. The van der Waals surface area contributed by atoms with Crippen LogP contribution in [0.4, 0.5) is 5.69 Å². The third kappa shape index (κ3) is 2.83. The molecule has 5 rings (SSSR count). The number of fused-ring (bicyclic) bond motifs is 2. The molecule has 132 valence electrons. The Balaban J connectivity index is 1.63. The van der Waals surface area contributed by atoms with Crippen molar-refractivity contribution in [2.24, 2.45) is 7.05 Å². The number of anilines is 1. The lowest BCUT2D eigenvalue weighted by atomic mass is 10.0. The second-order valence-electron chi connectivity index (χ2n) is 6.58. The average Bonchev–Trinajstić information content (AvgIpc) is 3.35. The first kappa shape index (κ1) is 15.6. The molecule has 0 saturated heterocycles. The molecule has 0 unspecified atom stereocenters. The molecule has 0 aliphatic carbocycles. The summed E-state index contributed by atoms with van der Waals surface area (Å²) in [4.78, 5) is 9.09. The van der Waals surface area contributed by atoms with E-state index in [1.165, 1.54) is 10.9 Å². The van der Waals surface area contributed by atoms with Crippen molar-refractivity contribution in [3.63, 3.8) is 0 Å². The first-order valence-electron chi connectivity index (χ1n) is 8.84. The van der Waals surface area contributed by atoms with E-state index in [9.17, 15) is 0 Å². The third-order valence-corrected chi connectivity index (χ3v) is 4.82. The number of aromatic nitrogens is 3. The fourth-order valence-corrected chi connectivity index (χ4v) is 3.43. The molecule has 5 nitrogen and oxygen atoms in total. The van der Waals surface area contributed by atoms with Crippen molar-refractivity contribution in [2.45, 2.75) is 6.54 Å². The number of hydrogen-bond donors (Lipinski definition) is 1. The van der Waals surface area contributed by atoms with E-state index in [4.69, 9.17) is 4.42 Å². The smallest absolute Gasteiger partial charge is 0.122 e. The van der Waals surface area contributed by atoms with Gasteiger partial charge in [-0.2, -0.15) is 0 Å². The van der Waals surface area contributed by atoms with Crippen LogP contribution in [0.3, 0.4) is 0 Å². The van der Waals surface area contributed by atoms with Gasteiger partial charge in [-0.25, -0.2) is 0 Å². The first-order valence-corrected chi connectivity index (χ1v) is 8.84. The molecule has 0 saturated carbocycles. The summed E-state index contributed by atoms with van der Waals surface area (Å²) < 4.78 is 7.55. The third-order valence-electron chi connectivity index (χ3n) is 4.82. The summed E-state index contributed by atoms with van der Waals surface area (Å²) in [5, 5.41) is 4.65. The Bertz CT molecular complexity index is 1240. The van der Waals surface area contributed by atoms with Gasteiger partial charge in [0.25, 0.3) is 0 Å². The molecule has 0 fully saturated rings. The van der Waals surface area contributed by atoms with Crippen LogP contribution in [0.1, 0.15) is 5.76 Å². The highest BCUT2D eigenvalue weighted by molar-refractivity contribution is 5.97. The maximum Gasteiger partial charge on any atom is 0.122 e. The zero-order valence-corrected chi connectivity index (χ0v) is 14.9. The maximum atomic E-state index is 5.42. The molecule has 2 aromatic carbocycles. The number of rotatable bonds is 4. The zero-order chi connectivity index (χ0) is 18.2. The molecule has 0 spiro atoms. The first-order chi connectivity index (χ1) is 13.3. The number of nitrogens with zero attached hydrogens (tertiary/aromatic N) is 3. The largest absolute Gasteiger partial charge is 0.467 e. The van der Waals surface area contributed by atoms with Gasteiger partial charge in [0.1, 0.15) is 5.76 Å². The highest BCUT2D eigenvalue weighted by atomic mass is 16.3. The Morgan fingerprint density at radius 3 is 2.85 bits per heavy atom. The van der Waals surface area contributed by atoms with E-state index in [0.717, 1.165) is 33.6 Å². The number of aryl methyl sites for hydroxylation is 1. The SMILES string of the molecule is Cn1ccc2ccc(-c3cc(NCc4ccco4)cc4nccnc34)cc21. The van der Waals surface area contributed by atoms with Crippen molar-refractivity contribution in [2.75, 3.05) is 5.32 Å². The Morgan fingerprint density at radius 1 is 1.04 bits per heavy atom. The van der Waals surface area contributed by atoms with Crippen LogP contribution in [-0.4, -0.2) is 14.5 Å². The van der Waals surface area contributed by atoms with Gasteiger partial charge in [0.2, 0.25) is 0 Å². The van der Waals surface area contributed by atoms with Gasteiger partial charge in [0.15, 0.2) is 0 Å². The highest BCUT2D eigenvalue weighted by Crippen LogP contribution is 2.32. The summed E-state index contributed by atoms with van der Waals surface area (Å²) in [6.07, 6.45) is 7.22. The molecule has 0 atom stereocenters. The topological polar surface area (TPSA) is 55.9 Å². The Labute approximate surface area is 156 Å². The standard InChI is InChI=1S/C22H18N4O/c1-26-9-6-15-4-5-16(11-21(15)26)19-12-17(25-14-18-3-2-10-27-18)13-20-22(19)24-8-7-23-20/h2-13,25H,14H2,1H3. The number of furan rings is 1. The normalized spacial score (nSPS) is 11.3. The fourth-order valence-electron chi connectivity index (χ4n) is 3.43.